The second-order valence-corrected chi connectivity index (χ2v) is 6.32. The fraction of sp³-hybridized carbons (Fsp3) is 0.333. The number of hydrogen-bond acceptors (Lipinski definition) is 6. The zero-order valence-corrected chi connectivity index (χ0v) is 14.0. The Morgan fingerprint density at radius 1 is 1.12 bits per heavy atom. The number of anilines is 1. The number of aliphatic hydroxyl groups excluding tert-OH is 1. The van der Waals surface area contributed by atoms with Crippen LogP contribution in [0.3, 0.4) is 0 Å². The summed E-state index contributed by atoms with van der Waals surface area (Å²) < 4.78 is 1.81. The quantitative estimate of drug-likeness (QED) is 0.654. The highest BCUT2D eigenvalue weighted by atomic mass is 16.3. The molecule has 4 N–H and O–H groups in total. The van der Waals surface area contributed by atoms with E-state index >= 15 is 0 Å². The van der Waals surface area contributed by atoms with Crippen molar-refractivity contribution in [2.75, 3.05) is 31.9 Å². The Hall–Kier alpha value is -2.48. The smallest absolute Gasteiger partial charge is 0.165 e. The summed E-state index contributed by atoms with van der Waals surface area (Å²) in [6, 6.07) is 9.79. The van der Waals surface area contributed by atoms with E-state index in [1.807, 2.05) is 41.0 Å². The molecule has 0 amide bonds. The van der Waals surface area contributed by atoms with Crippen molar-refractivity contribution in [1.82, 2.24) is 24.8 Å². The van der Waals surface area contributed by atoms with Crippen LogP contribution in [-0.4, -0.2) is 50.8 Å². The molecule has 2 aromatic heterocycles. The van der Waals surface area contributed by atoms with Crippen LogP contribution in [0, 0.1) is 0 Å². The van der Waals surface area contributed by atoms with E-state index in [9.17, 15) is 5.11 Å². The summed E-state index contributed by atoms with van der Waals surface area (Å²) in [6.07, 6.45) is 1.92. The van der Waals surface area contributed by atoms with Gasteiger partial charge in [0, 0.05) is 37.9 Å². The van der Waals surface area contributed by atoms with Crippen molar-refractivity contribution in [1.29, 1.82) is 0 Å². The van der Waals surface area contributed by atoms with Crippen LogP contribution in [0.1, 0.15) is 11.4 Å². The molecule has 0 aliphatic carbocycles. The molecule has 1 aromatic carbocycles. The highest BCUT2D eigenvalue weighted by Crippen LogP contribution is 2.28. The molecule has 0 spiro atoms. The molecule has 0 unspecified atom stereocenters. The lowest BCUT2D eigenvalue weighted by Crippen LogP contribution is -2.43. The molecule has 0 atom stereocenters. The standard InChI is InChI=1S/C18H22N6O/c19-18-17-15(14-3-1-13(12-25)2-4-14)5-8-24(17)22-16(21-18)11-23-9-6-20-7-10-23/h1-5,8,20,25H,6-7,9-12H2,(H2,19,21,22). The van der Waals surface area contributed by atoms with Gasteiger partial charge in [0.25, 0.3) is 0 Å². The van der Waals surface area contributed by atoms with Crippen molar-refractivity contribution >= 4 is 11.3 Å². The predicted molar refractivity (Wildman–Crippen MR) is 96.9 cm³/mol. The van der Waals surface area contributed by atoms with E-state index < -0.39 is 0 Å². The molecule has 0 saturated carbocycles. The number of aromatic nitrogens is 3. The highest BCUT2D eigenvalue weighted by molar-refractivity contribution is 5.87. The Balaban J connectivity index is 1.66. The van der Waals surface area contributed by atoms with Gasteiger partial charge in [-0.15, -0.1) is 0 Å². The topological polar surface area (TPSA) is 91.7 Å². The fourth-order valence-electron chi connectivity index (χ4n) is 3.26. The molecule has 4 rings (SSSR count). The van der Waals surface area contributed by atoms with Crippen LogP contribution in [0.4, 0.5) is 5.82 Å². The SMILES string of the molecule is Nc1nc(CN2CCNCC2)nn2ccc(-c3ccc(CO)cc3)c12. The first-order valence-corrected chi connectivity index (χ1v) is 8.51. The molecule has 0 radical (unpaired) electrons. The average Bonchev–Trinajstić information content (AvgIpc) is 3.07. The minimum absolute atomic E-state index is 0.0391. The molecule has 1 fully saturated rings. The molecule has 0 bridgehead atoms. The number of nitrogens with zero attached hydrogens (tertiary/aromatic N) is 4. The molecule has 7 heteroatoms. The molecule has 1 aliphatic rings. The van der Waals surface area contributed by atoms with Gasteiger partial charge in [0.1, 0.15) is 5.52 Å². The maximum Gasteiger partial charge on any atom is 0.165 e. The highest BCUT2D eigenvalue weighted by Gasteiger charge is 2.15. The van der Waals surface area contributed by atoms with Crippen LogP contribution in [0.25, 0.3) is 16.6 Å². The summed E-state index contributed by atoms with van der Waals surface area (Å²) >= 11 is 0. The summed E-state index contributed by atoms with van der Waals surface area (Å²) in [6.45, 7) is 4.73. The normalized spacial score (nSPS) is 15.7. The van der Waals surface area contributed by atoms with Crippen LogP contribution >= 0.6 is 0 Å². The number of nitrogens with two attached hydrogens (primary N) is 1. The van der Waals surface area contributed by atoms with E-state index in [2.05, 4.69) is 20.3 Å². The molecule has 1 aliphatic heterocycles. The lowest BCUT2D eigenvalue weighted by Gasteiger charge is -2.26. The van der Waals surface area contributed by atoms with Gasteiger partial charge in [-0.3, -0.25) is 4.90 Å². The Bertz CT molecular complexity index is 867. The second kappa shape index (κ2) is 6.79. The molecular weight excluding hydrogens is 316 g/mol. The summed E-state index contributed by atoms with van der Waals surface area (Å²) in [4.78, 5) is 6.86. The van der Waals surface area contributed by atoms with Crippen LogP contribution in [-0.2, 0) is 13.2 Å². The largest absolute Gasteiger partial charge is 0.392 e. The number of fused-ring (bicyclic) bond motifs is 1. The molecule has 3 heterocycles. The zero-order chi connectivity index (χ0) is 17.2. The van der Waals surface area contributed by atoms with Gasteiger partial charge < -0.3 is 16.2 Å². The van der Waals surface area contributed by atoms with E-state index in [0.717, 1.165) is 54.2 Å². The van der Waals surface area contributed by atoms with E-state index in [4.69, 9.17) is 5.73 Å². The van der Waals surface area contributed by atoms with Crippen LogP contribution < -0.4 is 11.1 Å². The molecule has 3 aromatic rings. The first-order valence-electron chi connectivity index (χ1n) is 8.51. The third kappa shape index (κ3) is 3.21. The minimum atomic E-state index is 0.0391. The Labute approximate surface area is 146 Å². The van der Waals surface area contributed by atoms with E-state index in [0.29, 0.717) is 12.4 Å². The van der Waals surface area contributed by atoms with Crippen molar-refractivity contribution in [3.63, 3.8) is 0 Å². The summed E-state index contributed by atoms with van der Waals surface area (Å²) in [7, 11) is 0. The number of aliphatic hydroxyl groups is 1. The van der Waals surface area contributed by atoms with Gasteiger partial charge in [0.15, 0.2) is 11.6 Å². The molecular formula is C18H22N6O. The molecule has 1 saturated heterocycles. The lowest BCUT2D eigenvalue weighted by molar-refractivity contribution is 0.227. The number of rotatable bonds is 4. The van der Waals surface area contributed by atoms with E-state index in [-0.39, 0.29) is 6.61 Å². The summed E-state index contributed by atoms with van der Waals surface area (Å²) in [5.41, 5.74) is 9.99. The lowest BCUT2D eigenvalue weighted by atomic mass is 10.1. The summed E-state index contributed by atoms with van der Waals surface area (Å²) in [5, 5.41) is 17.2. The summed E-state index contributed by atoms with van der Waals surface area (Å²) in [5.74, 6) is 1.23. The third-order valence-electron chi connectivity index (χ3n) is 4.60. The van der Waals surface area contributed by atoms with Crippen molar-refractivity contribution in [2.24, 2.45) is 0 Å². The van der Waals surface area contributed by atoms with Crippen molar-refractivity contribution in [2.45, 2.75) is 13.2 Å². The molecule has 130 valence electrons. The van der Waals surface area contributed by atoms with Crippen molar-refractivity contribution < 1.29 is 5.11 Å². The van der Waals surface area contributed by atoms with Gasteiger partial charge in [0.05, 0.1) is 13.2 Å². The Morgan fingerprint density at radius 3 is 2.60 bits per heavy atom. The van der Waals surface area contributed by atoms with Gasteiger partial charge in [-0.05, 0) is 17.2 Å². The number of benzene rings is 1. The Kier molecular flexibility index (Phi) is 4.35. The van der Waals surface area contributed by atoms with Crippen LogP contribution in [0.5, 0.6) is 0 Å². The average molecular weight is 338 g/mol. The van der Waals surface area contributed by atoms with Gasteiger partial charge >= 0.3 is 0 Å². The molecule has 7 nitrogen and oxygen atoms in total. The fourth-order valence-corrected chi connectivity index (χ4v) is 3.26. The number of nitrogens with one attached hydrogen (secondary N) is 1. The van der Waals surface area contributed by atoms with E-state index in [1.54, 1.807) is 0 Å². The maximum absolute atomic E-state index is 9.19. The van der Waals surface area contributed by atoms with Gasteiger partial charge in [0.2, 0.25) is 0 Å². The first kappa shape index (κ1) is 16.0. The molecule has 25 heavy (non-hydrogen) atoms. The number of piperazine rings is 1. The van der Waals surface area contributed by atoms with Gasteiger partial charge in [-0.25, -0.2) is 9.50 Å². The Morgan fingerprint density at radius 2 is 1.88 bits per heavy atom. The first-order chi connectivity index (χ1) is 12.2. The zero-order valence-electron chi connectivity index (χ0n) is 14.0. The number of nitrogen functional groups attached to an aromatic ring is 1. The van der Waals surface area contributed by atoms with E-state index in [1.165, 1.54) is 0 Å². The van der Waals surface area contributed by atoms with Crippen molar-refractivity contribution in [3.8, 4) is 11.1 Å². The maximum atomic E-state index is 9.19. The second-order valence-electron chi connectivity index (χ2n) is 6.32. The van der Waals surface area contributed by atoms with Crippen molar-refractivity contribution in [3.05, 3.63) is 47.9 Å². The third-order valence-corrected chi connectivity index (χ3v) is 4.60. The van der Waals surface area contributed by atoms with Crippen LogP contribution in [0.15, 0.2) is 36.5 Å². The van der Waals surface area contributed by atoms with Gasteiger partial charge in [-0.1, -0.05) is 24.3 Å². The van der Waals surface area contributed by atoms with Crippen LogP contribution in [0.2, 0.25) is 0 Å². The number of hydrogen-bond donors (Lipinski definition) is 3. The monoisotopic (exact) mass is 338 g/mol. The van der Waals surface area contributed by atoms with Gasteiger partial charge in [-0.2, -0.15) is 5.10 Å². The minimum Gasteiger partial charge on any atom is -0.392 e. The predicted octanol–water partition coefficient (Wildman–Crippen LogP) is 0.876.